The minimum absolute atomic E-state index is 0.317. The Kier molecular flexibility index (Phi) is 4.40. The zero-order valence-corrected chi connectivity index (χ0v) is 11.4. The first-order valence-corrected chi connectivity index (χ1v) is 6.43. The summed E-state index contributed by atoms with van der Waals surface area (Å²) in [5, 5.41) is 0. The lowest BCUT2D eigenvalue weighted by atomic mass is 10.1. The molecule has 0 unspecified atom stereocenters. The van der Waals surface area contributed by atoms with Gasteiger partial charge in [-0.3, -0.25) is 9.97 Å². The number of esters is 1. The smallest absolute Gasteiger partial charge is 0.339 e. The number of carbonyl (C=O) groups is 1. The molecule has 0 radical (unpaired) electrons. The molecule has 2 rings (SSSR count). The molecular weight excluding hydrogens is 259 g/mol. The van der Waals surface area contributed by atoms with E-state index in [9.17, 15) is 9.18 Å². The lowest BCUT2D eigenvalue weighted by Gasteiger charge is -2.09. The average molecular weight is 274 g/mol. The minimum atomic E-state index is -0.420. The SMILES string of the molecule is CCOC(=O)c1ccc(-c2cncc(F)c2)nc1CC. The van der Waals surface area contributed by atoms with Gasteiger partial charge in [-0.15, -0.1) is 0 Å². The maximum Gasteiger partial charge on any atom is 0.339 e. The summed E-state index contributed by atoms with van der Waals surface area (Å²) in [5.41, 5.74) is 2.24. The third-order valence-corrected chi connectivity index (χ3v) is 2.81. The molecule has 5 heteroatoms. The van der Waals surface area contributed by atoms with Gasteiger partial charge in [0.25, 0.3) is 0 Å². The summed E-state index contributed by atoms with van der Waals surface area (Å²) in [4.78, 5) is 20.0. The maximum atomic E-state index is 13.2. The molecule has 0 atom stereocenters. The van der Waals surface area contributed by atoms with Crippen LogP contribution in [-0.4, -0.2) is 22.5 Å². The van der Waals surface area contributed by atoms with Crippen LogP contribution in [0, 0.1) is 5.82 Å². The van der Waals surface area contributed by atoms with E-state index in [0.29, 0.717) is 35.5 Å². The van der Waals surface area contributed by atoms with Crippen LogP contribution in [0.2, 0.25) is 0 Å². The number of hydrogen-bond acceptors (Lipinski definition) is 4. The molecule has 0 spiro atoms. The van der Waals surface area contributed by atoms with Crippen molar-refractivity contribution in [3.05, 3.63) is 47.7 Å². The van der Waals surface area contributed by atoms with E-state index in [1.54, 1.807) is 19.1 Å². The number of ether oxygens (including phenoxy) is 1. The van der Waals surface area contributed by atoms with Crippen molar-refractivity contribution in [2.75, 3.05) is 6.61 Å². The molecular formula is C15H15FN2O2. The van der Waals surface area contributed by atoms with Crippen molar-refractivity contribution in [1.29, 1.82) is 0 Å². The molecule has 2 heterocycles. The van der Waals surface area contributed by atoms with Crippen LogP contribution >= 0.6 is 0 Å². The molecule has 0 aliphatic rings. The van der Waals surface area contributed by atoms with E-state index >= 15 is 0 Å². The second-order valence-electron chi connectivity index (χ2n) is 4.16. The van der Waals surface area contributed by atoms with Crippen LogP contribution in [0.1, 0.15) is 29.9 Å². The number of nitrogens with zero attached hydrogens (tertiary/aromatic N) is 2. The van der Waals surface area contributed by atoms with Crippen molar-refractivity contribution in [3.8, 4) is 11.3 Å². The highest BCUT2D eigenvalue weighted by atomic mass is 19.1. The Balaban J connectivity index is 2.41. The van der Waals surface area contributed by atoms with E-state index < -0.39 is 5.82 Å². The van der Waals surface area contributed by atoms with E-state index in [-0.39, 0.29) is 5.97 Å². The molecule has 0 fully saturated rings. The monoisotopic (exact) mass is 274 g/mol. The van der Waals surface area contributed by atoms with Gasteiger partial charge < -0.3 is 4.74 Å². The van der Waals surface area contributed by atoms with Crippen LogP contribution in [0.15, 0.2) is 30.6 Å². The minimum Gasteiger partial charge on any atom is -0.462 e. The van der Waals surface area contributed by atoms with Crippen molar-refractivity contribution in [1.82, 2.24) is 9.97 Å². The van der Waals surface area contributed by atoms with E-state index in [1.807, 2.05) is 6.92 Å². The quantitative estimate of drug-likeness (QED) is 0.804. The molecule has 0 aliphatic heterocycles. The van der Waals surface area contributed by atoms with Gasteiger partial charge in [0.2, 0.25) is 0 Å². The first-order chi connectivity index (χ1) is 9.65. The number of carbonyl (C=O) groups excluding carboxylic acids is 1. The number of halogens is 1. The van der Waals surface area contributed by atoms with Gasteiger partial charge in [0, 0.05) is 11.8 Å². The van der Waals surface area contributed by atoms with Gasteiger partial charge in [0.05, 0.1) is 29.8 Å². The molecule has 0 amide bonds. The van der Waals surface area contributed by atoms with Crippen LogP contribution in [0.3, 0.4) is 0 Å². The molecule has 0 aliphatic carbocycles. The molecule has 0 saturated heterocycles. The van der Waals surface area contributed by atoms with Crippen molar-refractivity contribution < 1.29 is 13.9 Å². The number of aromatic nitrogens is 2. The van der Waals surface area contributed by atoms with Gasteiger partial charge in [-0.05, 0) is 31.5 Å². The predicted octanol–water partition coefficient (Wildman–Crippen LogP) is 3.02. The Hall–Kier alpha value is -2.30. The molecule has 20 heavy (non-hydrogen) atoms. The molecule has 0 saturated carbocycles. The zero-order valence-electron chi connectivity index (χ0n) is 11.4. The van der Waals surface area contributed by atoms with Gasteiger partial charge in [-0.2, -0.15) is 0 Å². The third-order valence-electron chi connectivity index (χ3n) is 2.81. The van der Waals surface area contributed by atoms with Crippen LogP contribution in [0.5, 0.6) is 0 Å². The standard InChI is InChI=1S/C15H15FN2O2/c1-3-13-12(15(19)20-4-2)5-6-14(18-13)10-7-11(16)9-17-8-10/h5-9H,3-4H2,1-2H3. The normalized spacial score (nSPS) is 10.3. The van der Waals surface area contributed by atoms with E-state index in [0.717, 1.165) is 6.20 Å². The summed E-state index contributed by atoms with van der Waals surface area (Å²) in [6, 6.07) is 4.69. The Bertz CT molecular complexity index is 629. The highest BCUT2D eigenvalue weighted by molar-refractivity contribution is 5.91. The summed E-state index contributed by atoms with van der Waals surface area (Å²) in [5.74, 6) is -0.808. The van der Waals surface area contributed by atoms with Gasteiger partial charge in [-0.25, -0.2) is 9.18 Å². The molecule has 104 valence electrons. The van der Waals surface area contributed by atoms with E-state index in [1.165, 1.54) is 12.3 Å². The highest BCUT2D eigenvalue weighted by Gasteiger charge is 2.14. The van der Waals surface area contributed by atoms with Crippen LogP contribution in [-0.2, 0) is 11.2 Å². The highest BCUT2D eigenvalue weighted by Crippen LogP contribution is 2.20. The number of hydrogen-bond donors (Lipinski definition) is 0. The fraction of sp³-hybridized carbons (Fsp3) is 0.267. The number of aryl methyl sites for hydroxylation is 1. The Morgan fingerprint density at radius 2 is 2.10 bits per heavy atom. The second-order valence-corrected chi connectivity index (χ2v) is 4.16. The summed E-state index contributed by atoms with van der Waals surface area (Å²) >= 11 is 0. The number of rotatable bonds is 4. The molecule has 0 N–H and O–H groups in total. The third kappa shape index (κ3) is 2.99. The van der Waals surface area contributed by atoms with Crippen LogP contribution in [0.4, 0.5) is 4.39 Å². The molecule has 0 aromatic carbocycles. The average Bonchev–Trinajstić information content (AvgIpc) is 2.46. The van der Waals surface area contributed by atoms with Gasteiger partial charge in [0.1, 0.15) is 5.82 Å². The molecule has 2 aromatic rings. The van der Waals surface area contributed by atoms with Gasteiger partial charge >= 0.3 is 5.97 Å². The first kappa shape index (κ1) is 14.1. The van der Waals surface area contributed by atoms with Crippen molar-refractivity contribution in [2.24, 2.45) is 0 Å². The summed E-state index contributed by atoms with van der Waals surface area (Å²) in [7, 11) is 0. The number of pyridine rings is 2. The molecule has 0 bridgehead atoms. The second kappa shape index (κ2) is 6.23. The summed E-state index contributed by atoms with van der Waals surface area (Å²) in [6.45, 7) is 3.97. The van der Waals surface area contributed by atoms with E-state index in [4.69, 9.17) is 4.74 Å². The van der Waals surface area contributed by atoms with Gasteiger partial charge in [-0.1, -0.05) is 6.92 Å². The topological polar surface area (TPSA) is 52.1 Å². The maximum absolute atomic E-state index is 13.2. The molecule has 2 aromatic heterocycles. The zero-order chi connectivity index (χ0) is 14.5. The lowest BCUT2D eigenvalue weighted by molar-refractivity contribution is 0.0524. The Labute approximate surface area is 116 Å². The van der Waals surface area contributed by atoms with E-state index in [2.05, 4.69) is 9.97 Å². The largest absolute Gasteiger partial charge is 0.462 e. The fourth-order valence-electron chi connectivity index (χ4n) is 1.88. The Morgan fingerprint density at radius 1 is 1.30 bits per heavy atom. The fourth-order valence-corrected chi connectivity index (χ4v) is 1.88. The Morgan fingerprint density at radius 3 is 2.75 bits per heavy atom. The van der Waals surface area contributed by atoms with Gasteiger partial charge in [0.15, 0.2) is 0 Å². The summed E-state index contributed by atoms with van der Waals surface area (Å²) < 4.78 is 18.2. The van der Waals surface area contributed by atoms with Crippen LogP contribution in [0.25, 0.3) is 11.3 Å². The van der Waals surface area contributed by atoms with Crippen molar-refractivity contribution in [2.45, 2.75) is 20.3 Å². The van der Waals surface area contributed by atoms with Crippen molar-refractivity contribution >= 4 is 5.97 Å². The summed E-state index contributed by atoms with van der Waals surface area (Å²) in [6.07, 6.45) is 3.26. The first-order valence-electron chi connectivity index (χ1n) is 6.43. The van der Waals surface area contributed by atoms with Crippen molar-refractivity contribution in [3.63, 3.8) is 0 Å². The molecule has 4 nitrogen and oxygen atoms in total. The lowest BCUT2D eigenvalue weighted by Crippen LogP contribution is -2.09. The predicted molar refractivity (Wildman–Crippen MR) is 72.8 cm³/mol. The van der Waals surface area contributed by atoms with Crippen LogP contribution < -0.4 is 0 Å².